The number of likely N-dealkylation sites (N-methyl/N-ethyl adjacent to an activating group) is 1. The molecule has 0 unspecified atom stereocenters. The molecule has 0 bridgehead atoms. The first-order valence-electron chi connectivity index (χ1n) is 8.64. The highest BCUT2D eigenvalue weighted by Crippen LogP contribution is 2.17. The molecule has 2 aromatic carbocycles. The Morgan fingerprint density at radius 3 is 2.40 bits per heavy atom. The molecule has 134 valence electrons. The number of carbonyl (C=O) groups excluding carboxylic acids is 1. The molecule has 1 amide bonds. The summed E-state index contributed by atoms with van der Waals surface area (Å²) in [5.41, 5.74) is 0.885. The predicted octanol–water partition coefficient (Wildman–Crippen LogP) is 2.59. The topological polar surface area (TPSA) is 78.4 Å². The molecule has 0 fully saturated rings. The van der Waals surface area contributed by atoms with Crippen LogP contribution >= 0.6 is 0 Å². The first-order valence-corrected chi connectivity index (χ1v) is 8.64. The third-order valence-electron chi connectivity index (χ3n) is 4.67. The molecule has 0 heterocycles. The Morgan fingerprint density at radius 2 is 1.80 bits per heavy atom. The lowest BCUT2D eigenvalue weighted by molar-refractivity contribution is -0.142. The molecule has 0 aromatic heterocycles. The molecule has 0 radical (unpaired) electrons. The van der Waals surface area contributed by atoms with Crippen LogP contribution in [0.4, 0.5) is 0 Å². The fourth-order valence-electron chi connectivity index (χ4n) is 2.97. The molecule has 5 nitrogen and oxygen atoms in total. The highest BCUT2D eigenvalue weighted by Gasteiger charge is 2.27. The van der Waals surface area contributed by atoms with E-state index in [9.17, 15) is 14.7 Å². The number of nitrogens with one attached hydrogen (secondary N) is 2. The summed E-state index contributed by atoms with van der Waals surface area (Å²) in [4.78, 5) is 24.1. The van der Waals surface area contributed by atoms with Crippen molar-refractivity contribution >= 4 is 22.6 Å². The fraction of sp³-hybridized carbons (Fsp3) is 0.400. The van der Waals surface area contributed by atoms with Gasteiger partial charge in [-0.3, -0.25) is 4.79 Å². The Kier molecular flexibility index (Phi) is 6.53. The molecule has 3 N–H and O–H groups in total. The molecule has 0 aliphatic heterocycles. The van der Waals surface area contributed by atoms with Crippen LogP contribution in [0.2, 0.25) is 0 Å². The lowest BCUT2D eigenvalue weighted by Crippen LogP contribution is -2.52. The van der Waals surface area contributed by atoms with Gasteiger partial charge in [-0.15, -0.1) is 0 Å². The van der Waals surface area contributed by atoms with Gasteiger partial charge in [-0.1, -0.05) is 62.7 Å². The highest BCUT2D eigenvalue weighted by atomic mass is 16.4. The minimum atomic E-state index is -1.03. The van der Waals surface area contributed by atoms with E-state index in [0.717, 1.165) is 22.8 Å². The number of aliphatic carboxylic acids is 1. The second-order valence-corrected chi connectivity index (χ2v) is 6.44. The van der Waals surface area contributed by atoms with Gasteiger partial charge in [0.25, 0.3) is 0 Å². The van der Waals surface area contributed by atoms with Gasteiger partial charge in [-0.2, -0.15) is 0 Å². The first kappa shape index (κ1) is 18.9. The van der Waals surface area contributed by atoms with Crippen LogP contribution in [0, 0.1) is 5.92 Å². The van der Waals surface area contributed by atoms with E-state index in [2.05, 4.69) is 10.6 Å². The first-order chi connectivity index (χ1) is 12.0. The minimum absolute atomic E-state index is 0.125. The second-order valence-electron chi connectivity index (χ2n) is 6.44. The summed E-state index contributed by atoms with van der Waals surface area (Å²) >= 11 is 0. The van der Waals surface area contributed by atoms with Crippen LogP contribution in [0.1, 0.15) is 25.8 Å². The van der Waals surface area contributed by atoms with Gasteiger partial charge in [0.05, 0.1) is 6.04 Å². The summed E-state index contributed by atoms with van der Waals surface area (Å²) in [7, 11) is 1.72. The zero-order valence-electron chi connectivity index (χ0n) is 15.0. The highest BCUT2D eigenvalue weighted by molar-refractivity contribution is 5.87. The maximum absolute atomic E-state index is 12.5. The Balaban J connectivity index is 2.14. The van der Waals surface area contributed by atoms with Crippen molar-refractivity contribution in [2.45, 2.75) is 38.8 Å². The molecular formula is C20H26N2O3. The van der Waals surface area contributed by atoms with Crippen LogP contribution in [0.25, 0.3) is 10.8 Å². The van der Waals surface area contributed by atoms with Crippen molar-refractivity contribution in [1.82, 2.24) is 10.6 Å². The lowest BCUT2D eigenvalue weighted by Gasteiger charge is -2.24. The van der Waals surface area contributed by atoms with Crippen molar-refractivity contribution in [3.8, 4) is 0 Å². The van der Waals surface area contributed by atoms with E-state index >= 15 is 0 Å². The molecule has 2 aromatic rings. The summed E-state index contributed by atoms with van der Waals surface area (Å²) in [5, 5.41) is 17.3. The summed E-state index contributed by atoms with van der Waals surface area (Å²) in [6.45, 7) is 3.98. The van der Waals surface area contributed by atoms with E-state index < -0.39 is 18.1 Å². The molecule has 5 heteroatoms. The van der Waals surface area contributed by atoms with Crippen molar-refractivity contribution in [3.05, 3.63) is 48.0 Å². The number of rotatable bonds is 8. The Hall–Kier alpha value is -2.40. The maximum Gasteiger partial charge on any atom is 0.326 e. The monoisotopic (exact) mass is 342 g/mol. The number of hydrogen-bond donors (Lipinski definition) is 3. The van der Waals surface area contributed by atoms with Gasteiger partial charge in [0.1, 0.15) is 6.04 Å². The number of carboxylic acids is 1. The molecule has 0 aliphatic rings. The van der Waals surface area contributed by atoms with Crippen LogP contribution in [-0.2, 0) is 16.0 Å². The number of carbonyl (C=O) groups is 2. The SMILES string of the molecule is CC[C@H](C)[C@H](NC)C(=O)N[C@@H](Cc1ccc2ccccc2c1)C(=O)O. The van der Waals surface area contributed by atoms with Gasteiger partial charge in [-0.05, 0) is 29.3 Å². The average molecular weight is 342 g/mol. The van der Waals surface area contributed by atoms with Gasteiger partial charge < -0.3 is 15.7 Å². The van der Waals surface area contributed by atoms with Crippen LogP contribution in [0.15, 0.2) is 42.5 Å². The lowest BCUT2D eigenvalue weighted by atomic mass is 9.97. The Morgan fingerprint density at radius 1 is 1.12 bits per heavy atom. The fourth-order valence-corrected chi connectivity index (χ4v) is 2.97. The van der Waals surface area contributed by atoms with E-state index in [0.29, 0.717) is 0 Å². The summed E-state index contributed by atoms with van der Waals surface area (Å²) in [6, 6.07) is 12.4. The number of hydrogen-bond acceptors (Lipinski definition) is 3. The summed E-state index contributed by atoms with van der Waals surface area (Å²) in [6.07, 6.45) is 1.09. The van der Waals surface area contributed by atoms with Gasteiger partial charge >= 0.3 is 5.97 Å². The van der Waals surface area contributed by atoms with Gasteiger partial charge in [0.15, 0.2) is 0 Å². The molecular weight excluding hydrogens is 316 g/mol. The number of amides is 1. The van der Waals surface area contributed by atoms with Crippen molar-refractivity contribution in [1.29, 1.82) is 0 Å². The third kappa shape index (κ3) is 4.79. The molecule has 0 saturated heterocycles. The maximum atomic E-state index is 12.5. The molecule has 0 aliphatic carbocycles. The van der Waals surface area contributed by atoms with Crippen LogP contribution in [-0.4, -0.2) is 36.1 Å². The van der Waals surface area contributed by atoms with Crippen molar-refractivity contribution in [2.24, 2.45) is 5.92 Å². The van der Waals surface area contributed by atoms with E-state index in [1.807, 2.05) is 56.3 Å². The van der Waals surface area contributed by atoms with Crippen LogP contribution in [0.3, 0.4) is 0 Å². The number of fused-ring (bicyclic) bond motifs is 1. The quantitative estimate of drug-likeness (QED) is 0.689. The normalized spacial score (nSPS) is 14.7. The summed E-state index contributed by atoms with van der Waals surface area (Å²) < 4.78 is 0. The molecule has 2 rings (SSSR count). The van der Waals surface area contributed by atoms with E-state index in [-0.39, 0.29) is 18.2 Å². The van der Waals surface area contributed by atoms with Crippen molar-refractivity contribution in [2.75, 3.05) is 7.05 Å². The standard InChI is InChI=1S/C20H26N2O3/c1-4-13(2)18(21-3)19(23)22-17(20(24)25)12-14-9-10-15-7-5-6-8-16(15)11-14/h5-11,13,17-18,21H,4,12H2,1-3H3,(H,22,23)(H,24,25)/t13-,17-,18-/m0/s1. The Bertz CT molecular complexity index is 745. The number of benzene rings is 2. The van der Waals surface area contributed by atoms with E-state index in [4.69, 9.17) is 0 Å². The van der Waals surface area contributed by atoms with Crippen LogP contribution < -0.4 is 10.6 Å². The van der Waals surface area contributed by atoms with E-state index in [1.165, 1.54) is 0 Å². The van der Waals surface area contributed by atoms with Crippen molar-refractivity contribution in [3.63, 3.8) is 0 Å². The smallest absolute Gasteiger partial charge is 0.326 e. The molecule has 25 heavy (non-hydrogen) atoms. The molecule has 3 atom stereocenters. The third-order valence-corrected chi connectivity index (χ3v) is 4.67. The zero-order valence-corrected chi connectivity index (χ0v) is 15.0. The van der Waals surface area contributed by atoms with E-state index in [1.54, 1.807) is 7.05 Å². The van der Waals surface area contributed by atoms with Gasteiger partial charge in [-0.25, -0.2) is 4.79 Å². The summed E-state index contributed by atoms with van der Waals surface area (Å²) in [5.74, 6) is -1.18. The van der Waals surface area contributed by atoms with Crippen molar-refractivity contribution < 1.29 is 14.7 Å². The average Bonchev–Trinajstić information content (AvgIpc) is 2.61. The molecule has 0 spiro atoms. The van der Waals surface area contributed by atoms with Gasteiger partial charge in [0, 0.05) is 6.42 Å². The van der Waals surface area contributed by atoms with Gasteiger partial charge in [0.2, 0.25) is 5.91 Å². The minimum Gasteiger partial charge on any atom is -0.480 e. The zero-order chi connectivity index (χ0) is 18.4. The molecule has 0 saturated carbocycles. The van der Waals surface area contributed by atoms with Crippen LogP contribution in [0.5, 0.6) is 0 Å². The number of carboxylic acid groups (broad SMARTS) is 1. The predicted molar refractivity (Wildman–Crippen MR) is 99.5 cm³/mol. The second kappa shape index (κ2) is 8.62. The largest absolute Gasteiger partial charge is 0.480 e. The Labute approximate surface area is 148 Å².